The van der Waals surface area contributed by atoms with Crippen LogP contribution in [0.15, 0.2) is 96.1 Å². The van der Waals surface area contributed by atoms with Gasteiger partial charge in [-0.15, -0.1) is 0 Å². The second-order valence-corrected chi connectivity index (χ2v) is 8.54. The number of fused-ring (bicyclic) bond motifs is 3. The fraction of sp³-hybridized carbons (Fsp3) is 0.143. The van der Waals surface area contributed by atoms with E-state index in [0.29, 0.717) is 11.8 Å². The summed E-state index contributed by atoms with van der Waals surface area (Å²) in [6.07, 6.45) is 7.14. The van der Waals surface area contributed by atoms with Gasteiger partial charge in [0.25, 0.3) is 0 Å². The Balaban J connectivity index is 1.41. The van der Waals surface area contributed by atoms with E-state index < -0.39 is 0 Å². The maximum Gasteiger partial charge on any atom is 0.0238 e. The van der Waals surface area contributed by atoms with Gasteiger partial charge in [-0.1, -0.05) is 84.0 Å². The molecule has 8 rings (SSSR count). The van der Waals surface area contributed by atoms with Crippen molar-refractivity contribution in [2.24, 2.45) is 0 Å². The molecular weight excluding hydrogens is 336 g/mol. The summed E-state index contributed by atoms with van der Waals surface area (Å²) in [5.74, 6) is 0.915. The summed E-state index contributed by atoms with van der Waals surface area (Å²) in [4.78, 5) is 0. The molecule has 28 heavy (non-hydrogen) atoms. The van der Waals surface area contributed by atoms with Gasteiger partial charge in [0.05, 0.1) is 0 Å². The standard InChI is InChI=1S/C28H20/c1-2-6-18-12-22-16-28-24-10-9-23(27(28)15-21(22)11-17(18)5-1)25-13-19-7-3-4-8-20(19)14-26(24)25/h1-14,23-24H,15-16H2. The van der Waals surface area contributed by atoms with Crippen LogP contribution in [-0.4, -0.2) is 0 Å². The van der Waals surface area contributed by atoms with Crippen LogP contribution in [0.3, 0.4) is 0 Å². The van der Waals surface area contributed by atoms with E-state index in [9.17, 15) is 0 Å². The van der Waals surface area contributed by atoms with E-state index in [-0.39, 0.29) is 0 Å². The third-order valence-corrected chi connectivity index (χ3v) is 7.11. The summed E-state index contributed by atoms with van der Waals surface area (Å²) in [7, 11) is 0. The van der Waals surface area contributed by atoms with Gasteiger partial charge in [0, 0.05) is 11.8 Å². The maximum absolute atomic E-state index is 2.46. The van der Waals surface area contributed by atoms with Crippen molar-refractivity contribution in [3.8, 4) is 0 Å². The molecule has 0 fully saturated rings. The first-order chi connectivity index (χ1) is 13.8. The average Bonchev–Trinajstić information content (AvgIpc) is 2.75. The van der Waals surface area contributed by atoms with E-state index in [1.54, 1.807) is 11.1 Å². The summed E-state index contributed by atoms with van der Waals surface area (Å²) < 4.78 is 0. The van der Waals surface area contributed by atoms with Crippen LogP contribution in [-0.2, 0) is 12.8 Å². The molecule has 0 heterocycles. The van der Waals surface area contributed by atoms with Crippen molar-refractivity contribution in [3.05, 3.63) is 118 Å². The van der Waals surface area contributed by atoms with Crippen LogP contribution >= 0.6 is 0 Å². The molecule has 0 amide bonds. The smallest absolute Gasteiger partial charge is 0.0238 e. The molecule has 0 spiro atoms. The highest BCUT2D eigenvalue weighted by Crippen LogP contribution is 2.53. The van der Waals surface area contributed by atoms with Crippen LogP contribution in [0.2, 0.25) is 0 Å². The summed E-state index contributed by atoms with van der Waals surface area (Å²) in [5, 5.41) is 5.47. The third-order valence-electron chi connectivity index (χ3n) is 7.11. The predicted molar refractivity (Wildman–Crippen MR) is 117 cm³/mol. The van der Waals surface area contributed by atoms with E-state index in [0.717, 1.165) is 12.8 Å². The van der Waals surface area contributed by atoms with Crippen molar-refractivity contribution in [1.82, 2.24) is 0 Å². The average molecular weight is 356 g/mol. The van der Waals surface area contributed by atoms with Gasteiger partial charge in [-0.05, 0) is 68.8 Å². The molecule has 0 aliphatic heterocycles. The molecule has 132 valence electrons. The highest BCUT2D eigenvalue weighted by atomic mass is 14.4. The van der Waals surface area contributed by atoms with Crippen LogP contribution in [0.4, 0.5) is 0 Å². The van der Waals surface area contributed by atoms with Crippen LogP contribution in [0.25, 0.3) is 21.5 Å². The molecule has 0 N–H and O–H groups in total. The molecule has 2 unspecified atom stereocenters. The maximum atomic E-state index is 2.46. The van der Waals surface area contributed by atoms with Gasteiger partial charge in [-0.25, -0.2) is 0 Å². The van der Waals surface area contributed by atoms with Crippen molar-refractivity contribution in [3.63, 3.8) is 0 Å². The summed E-state index contributed by atoms with van der Waals surface area (Å²) in [6, 6.07) is 27.3. The fourth-order valence-electron chi connectivity index (χ4n) is 5.77. The molecule has 4 aliphatic rings. The van der Waals surface area contributed by atoms with Crippen LogP contribution in [0, 0.1) is 0 Å². The molecule has 2 bridgehead atoms. The Hall–Kier alpha value is -3.12. The number of rotatable bonds is 0. The summed E-state index contributed by atoms with van der Waals surface area (Å²) in [5.41, 5.74) is 9.46. The Bertz CT molecular complexity index is 1260. The highest BCUT2D eigenvalue weighted by molar-refractivity contribution is 5.87. The molecular formula is C28H20. The third kappa shape index (κ3) is 1.90. The van der Waals surface area contributed by atoms with Gasteiger partial charge in [0.15, 0.2) is 0 Å². The van der Waals surface area contributed by atoms with E-state index in [1.165, 1.54) is 43.8 Å². The molecule has 0 saturated heterocycles. The zero-order valence-corrected chi connectivity index (χ0v) is 15.7. The van der Waals surface area contributed by atoms with E-state index in [1.807, 2.05) is 0 Å². The Labute approximate surface area is 164 Å². The molecule has 4 aromatic carbocycles. The Morgan fingerprint density at radius 2 is 0.893 bits per heavy atom. The largest absolute Gasteiger partial charge is 0.0760 e. The summed E-state index contributed by atoms with van der Waals surface area (Å²) >= 11 is 0. The Kier molecular flexibility index (Phi) is 2.78. The number of allylic oxidation sites excluding steroid dienone is 4. The Morgan fingerprint density at radius 1 is 0.500 bits per heavy atom. The number of benzene rings is 4. The molecule has 4 aromatic rings. The van der Waals surface area contributed by atoms with Crippen molar-refractivity contribution >= 4 is 21.5 Å². The molecule has 0 saturated carbocycles. The Morgan fingerprint density at radius 3 is 1.32 bits per heavy atom. The second-order valence-electron chi connectivity index (χ2n) is 8.54. The lowest BCUT2D eigenvalue weighted by molar-refractivity contribution is 0.715. The number of hydrogen-bond donors (Lipinski definition) is 0. The van der Waals surface area contributed by atoms with Gasteiger partial charge < -0.3 is 0 Å². The number of hydrogen-bond acceptors (Lipinski definition) is 0. The van der Waals surface area contributed by atoms with Crippen molar-refractivity contribution in [2.75, 3.05) is 0 Å². The minimum absolute atomic E-state index is 0.458. The highest BCUT2D eigenvalue weighted by Gasteiger charge is 2.37. The second kappa shape index (κ2) is 5.23. The first kappa shape index (κ1) is 14.9. The van der Waals surface area contributed by atoms with Crippen molar-refractivity contribution in [2.45, 2.75) is 24.7 Å². The molecule has 0 heteroatoms. The van der Waals surface area contributed by atoms with Crippen LogP contribution in [0.5, 0.6) is 0 Å². The van der Waals surface area contributed by atoms with Gasteiger partial charge in [0.2, 0.25) is 0 Å². The molecule has 0 radical (unpaired) electrons. The first-order valence-corrected chi connectivity index (χ1v) is 10.3. The molecule has 4 aliphatic carbocycles. The van der Waals surface area contributed by atoms with E-state index >= 15 is 0 Å². The molecule has 2 atom stereocenters. The minimum atomic E-state index is 0.458. The lowest BCUT2D eigenvalue weighted by atomic mass is 9.63. The summed E-state index contributed by atoms with van der Waals surface area (Å²) in [6.45, 7) is 0. The fourth-order valence-corrected chi connectivity index (χ4v) is 5.77. The minimum Gasteiger partial charge on any atom is -0.0760 e. The van der Waals surface area contributed by atoms with Crippen LogP contribution in [0.1, 0.15) is 34.1 Å². The molecule has 0 aromatic heterocycles. The van der Waals surface area contributed by atoms with Gasteiger partial charge in [0.1, 0.15) is 0 Å². The van der Waals surface area contributed by atoms with Crippen molar-refractivity contribution in [1.29, 1.82) is 0 Å². The van der Waals surface area contributed by atoms with Gasteiger partial charge in [-0.2, -0.15) is 0 Å². The van der Waals surface area contributed by atoms with Crippen molar-refractivity contribution < 1.29 is 0 Å². The topological polar surface area (TPSA) is 0 Å². The normalized spacial score (nSPS) is 21.7. The monoisotopic (exact) mass is 356 g/mol. The zero-order valence-electron chi connectivity index (χ0n) is 15.7. The quantitative estimate of drug-likeness (QED) is 0.303. The lowest BCUT2D eigenvalue weighted by Gasteiger charge is -2.41. The van der Waals surface area contributed by atoms with Crippen LogP contribution < -0.4 is 0 Å². The van der Waals surface area contributed by atoms with E-state index in [2.05, 4.69) is 84.9 Å². The molecule has 0 nitrogen and oxygen atoms in total. The predicted octanol–water partition coefficient (Wildman–Crippen LogP) is 6.84. The first-order valence-electron chi connectivity index (χ1n) is 10.3. The lowest BCUT2D eigenvalue weighted by Crippen LogP contribution is -2.26. The van der Waals surface area contributed by atoms with Gasteiger partial charge >= 0.3 is 0 Å². The van der Waals surface area contributed by atoms with Gasteiger partial charge in [-0.3, -0.25) is 0 Å². The van der Waals surface area contributed by atoms with E-state index in [4.69, 9.17) is 0 Å². The zero-order chi connectivity index (χ0) is 18.2. The SMILES string of the molecule is C1=CC2C3=C(Cc4cc5ccccc5cc4C3)C1c1cc3ccccc3cc12.